The van der Waals surface area contributed by atoms with Crippen molar-refractivity contribution in [2.45, 2.75) is 12.8 Å². The van der Waals surface area contributed by atoms with E-state index in [-0.39, 0.29) is 5.91 Å². The lowest BCUT2D eigenvalue weighted by atomic mass is 10.2. The van der Waals surface area contributed by atoms with Crippen molar-refractivity contribution in [2.24, 2.45) is 0 Å². The van der Waals surface area contributed by atoms with Crippen LogP contribution in [0.25, 0.3) is 0 Å². The van der Waals surface area contributed by atoms with Crippen LogP contribution in [0.5, 0.6) is 6.01 Å². The molecule has 0 spiro atoms. The number of hydrogen-bond acceptors (Lipinski definition) is 5. The van der Waals surface area contributed by atoms with Gasteiger partial charge in [-0.1, -0.05) is 0 Å². The summed E-state index contributed by atoms with van der Waals surface area (Å²) in [6.45, 7) is 0. The van der Waals surface area contributed by atoms with E-state index in [0.29, 0.717) is 24.5 Å². The second-order valence-corrected chi connectivity index (χ2v) is 3.87. The van der Waals surface area contributed by atoms with E-state index in [1.165, 1.54) is 7.11 Å². The number of ether oxygens (including phenoxy) is 1. The van der Waals surface area contributed by atoms with Crippen LogP contribution in [0, 0.1) is 0 Å². The minimum Gasteiger partial charge on any atom is -0.467 e. The van der Waals surface area contributed by atoms with Crippen LogP contribution >= 0.6 is 0 Å². The number of aryl methyl sites for hydroxylation is 1. The standard InChI is InChI=1S/C13H14N4O2/c1-19-13-15-7-10(8-16-13)4-5-12(18)17-11-3-2-6-14-9-11/h2-3,6-9H,4-5H2,1H3,(H,17,18). The molecule has 6 nitrogen and oxygen atoms in total. The van der Waals surface area contributed by atoms with Gasteiger partial charge in [0.25, 0.3) is 0 Å². The summed E-state index contributed by atoms with van der Waals surface area (Å²) >= 11 is 0. The molecule has 0 saturated carbocycles. The van der Waals surface area contributed by atoms with Gasteiger partial charge in [0.15, 0.2) is 0 Å². The molecule has 0 radical (unpaired) electrons. The van der Waals surface area contributed by atoms with Crippen LogP contribution in [-0.4, -0.2) is 28.0 Å². The number of nitrogens with one attached hydrogen (secondary N) is 1. The first-order chi connectivity index (χ1) is 9.28. The van der Waals surface area contributed by atoms with Gasteiger partial charge in [-0.05, 0) is 24.1 Å². The van der Waals surface area contributed by atoms with Gasteiger partial charge in [0, 0.05) is 25.0 Å². The highest BCUT2D eigenvalue weighted by atomic mass is 16.5. The van der Waals surface area contributed by atoms with Gasteiger partial charge in [0.05, 0.1) is 19.0 Å². The smallest absolute Gasteiger partial charge is 0.316 e. The molecule has 1 N–H and O–H groups in total. The fraction of sp³-hybridized carbons (Fsp3) is 0.231. The van der Waals surface area contributed by atoms with Gasteiger partial charge < -0.3 is 10.1 Å². The van der Waals surface area contributed by atoms with E-state index >= 15 is 0 Å². The normalized spacial score (nSPS) is 9.95. The number of rotatable bonds is 5. The maximum atomic E-state index is 11.7. The fourth-order valence-electron chi connectivity index (χ4n) is 1.50. The van der Waals surface area contributed by atoms with Gasteiger partial charge in [-0.25, -0.2) is 9.97 Å². The largest absolute Gasteiger partial charge is 0.467 e. The van der Waals surface area contributed by atoms with Gasteiger partial charge in [0.2, 0.25) is 5.91 Å². The monoisotopic (exact) mass is 258 g/mol. The lowest BCUT2D eigenvalue weighted by Crippen LogP contribution is -2.12. The van der Waals surface area contributed by atoms with Crippen molar-refractivity contribution in [3.05, 3.63) is 42.5 Å². The number of carbonyl (C=O) groups is 1. The Bertz CT molecular complexity index is 528. The highest BCUT2D eigenvalue weighted by Gasteiger charge is 2.04. The van der Waals surface area contributed by atoms with Gasteiger partial charge in [0.1, 0.15) is 0 Å². The van der Waals surface area contributed by atoms with Crippen LogP contribution in [0.2, 0.25) is 0 Å². The van der Waals surface area contributed by atoms with Crippen LogP contribution in [0.1, 0.15) is 12.0 Å². The minimum absolute atomic E-state index is 0.0659. The molecule has 0 fully saturated rings. The molecule has 19 heavy (non-hydrogen) atoms. The van der Waals surface area contributed by atoms with E-state index in [9.17, 15) is 4.79 Å². The van der Waals surface area contributed by atoms with Gasteiger partial charge in [-0.15, -0.1) is 0 Å². The zero-order valence-corrected chi connectivity index (χ0v) is 10.5. The number of amides is 1. The van der Waals surface area contributed by atoms with Gasteiger partial charge >= 0.3 is 6.01 Å². The van der Waals surface area contributed by atoms with E-state index in [2.05, 4.69) is 20.3 Å². The van der Waals surface area contributed by atoms with Crippen molar-refractivity contribution in [1.82, 2.24) is 15.0 Å². The Morgan fingerprint density at radius 3 is 2.74 bits per heavy atom. The molecule has 2 aromatic heterocycles. The maximum Gasteiger partial charge on any atom is 0.316 e. The lowest BCUT2D eigenvalue weighted by molar-refractivity contribution is -0.116. The van der Waals surface area contributed by atoms with Crippen LogP contribution in [0.4, 0.5) is 5.69 Å². The van der Waals surface area contributed by atoms with Gasteiger partial charge in [-0.3, -0.25) is 9.78 Å². The Balaban J connectivity index is 1.83. The minimum atomic E-state index is -0.0659. The summed E-state index contributed by atoms with van der Waals surface area (Å²) in [4.78, 5) is 23.6. The van der Waals surface area contributed by atoms with E-state index in [0.717, 1.165) is 5.56 Å². The Hall–Kier alpha value is -2.50. The maximum absolute atomic E-state index is 11.7. The highest BCUT2D eigenvalue weighted by molar-refractivity contribution is 5.90. The van der Waals surface area contributed by atoms with Crippen molar-refractivity contribution in [2.75, 3.05) is 12.4 Å². The van der Waals surface area contributed by atoms with Crippen molar-refractivity contribution in [1.29, 1.82) is 0 Å². The average molecular weight is 258 g/mol. The van der Waals surface area contributed by atoms with Crippen LogP contribution in [-0.2, 0) is 11.2 Å². The predicted molar refractivity (Wildman–Crippen MR) is 69.8 cm³/mol. The quantitative estimate of drug-likeness (QED) is 0.878. The summed E-state index contributed by atoms with van der Waals surface area (Å²) in [7, 11) is 1.51. The van der Waals surface area contributed by atoms with Crippen LogP contribution in [0.3, 0.4) is 0 Å². The molecule has 1 amide bonds. The third kappa shape index (κ3) is 4.02. The number of aromatic nitrogens is 3. The number of hydrogen-bond donors (Lipinski definition) is 1. The third-order valence-corrected chi connectivity index (χ3v) is 2.45. The molecular weight excluding hydrogens is 244 g/mol. The van der Waals surface area contributed by atoms with Crippen molar-refractivity contribution in [3.8, 4) is 6.01 Å². The summed E-state index contributed by atoms with van der Waals surface area (Å²) in [5, 5.41) is 2.77. The zero-order chi connectivity index (χ0) is 13.5. The molecule has 2 rings (SSSR count). The molecule has 98 valence electrons. The highest BCUT2D eigenvalue weighted by Crippen LogP contribution is 2.07. The summed E-state index contributed by atoms with van der Waals surface area (Å²) < 4.78 is 4.87. The molecule has 0 saturated heterocycles. The predicted octanol–water partition coefficient (Wildman–Crippen LogP) is 1.45. The third-order valence-electron chi connectivity index (χ3n) is 2.45. The molecule has 0 aliphatic carbocycles. The van der Waals surface area contributed by atoms with E-state index < -0.39 is 0 Å². The number of anilines is 1. The molecule has 0 aliphatic rings. The summed E-state index contributed by atoms with van der Waals surface area (Å²) in [6, 6.07) is 3.89. The average Bonchev–Trinajstić information content (AvgIpc) is 2.47. The second-order valence-electron chi connectivity index (χ2n) is 3.87. The fourth-order valence-corrected chi connectivity index (χ4v) is 1.50. The summed E-state index contributed by atoms with van der Waals surface area (Å²) in [5.74, 6) is -0.0659. The molecule has 0 atom stereocenters. The van der Waals surface area contributed by atoms with E-state index in [1.54, 1.807) is 36.9 Å². The van der Waals surface area contributed by atoms with Crippen molar-refractivity contribution in [3.63, 3.8) is 0 Å². The van der Waals surface area contributed by atoms with Crippen LogP contribution < -0.4 is 10.1 Å². The van der Waals surface area contributed by atoms with E-state index in [4.69, 9.17) is 4.74 Å². The van der Waals surface area contributed by atoms with Crippen molar-refractivity contribution >= 4 is 11.6 Å². The first-order valence-electron chi connectivity index (χ1n) is 5.82. The Kier molecular flexibility index (Phi) is 4.39. The topological polar surface area (TPSA) is 77.0 Å². The van der Waals surface area contributed by atoms with Crippen LogP contribution in [0.15, 0.2) is 36.9 Å². The first-order valence-corrected chi connectivity index (χ1v) is 5.82. The molecule has 6 heteroatoms. The van der Waals surface area contributed by atoms with E-state index in [1.807, 2.05) is 0 Å². The van der Waals surface area contributed by atoms with Gasteiger partial charge in [-0.2, -0.15) is 0 Å². The Morgan fingerprint density at radius 2 is 2.11 bits per heavy atom. The number of nitrogens with zero attached hydrogens (tertiary/aromatic N) is 3. The molecule has 2 heterocycles. The SMILES string of the molecule is COc1ncc(CCC(=O)Nc2cccnc2)cn1. The summed E-state index contributed by atoms with van der Waals surface area (Å²) in [6.07, 6.45) is 7.52. The Labute approximate surface area is 110 Å². The number of carbonyl (C=O) groups excluding carboxylic acids is 1. The lowest BCUT2D eigenvalue weighted by Gasteiger charge is -2.04. The molecule has 0 aromatic carbocycles. The molecule has 0 unspecified atom stereocenters. The van der Waals surface area contributed by atoms with Crippen molar-refractivity contribution < 1.29 is 9.53 Å². The second kappa shape index (κ2) is 6.44. The Morgan fingerprint density at radius 1 is 1.32 bits per heavy atom. The summed E-state index contributed by atoms with van der Waals surface area (Å²) in [5.41, 5.74) is 1.58. The molecule has 0 bridgehead atoms. The molecule has 0 aliphatic heterocycles. The first kappa shape index (κ1) is 12.9. The molecular formula is C13H14N4O2. The number of methoxy groups -OCH3 is 1. The zero-order valence-electron chi connectivity index (χ0n) is 10.5. The molecule has 2 aromatic rings. The number of pyridine rings is 1.